The lowest BCUT2D eigenvalue weighted by atomic mass is 9.80. The van der Waals surface area contributed by atoms with Crippen LogP contribution in [0, 0.1) is 94.7 Å². The number of hydrogen-bond donors (Lipinski definition) is 0. The second-order valence-electron chi connectivity index (χ2n) is 22.4. The van der Waals surface area contributed by atoms with E-state index in [1.165, 1.54) is 103 Å². The largest absolute Gasteiger partial charge is 0.0651 e. The molecule has 0 fully saturated rings. The standard InChI is InChI=1S/2C26H54/c2*1-11-20(4)13-22(6)15-24(8)17-26(10)18-25(9)16-23(7)14-21(5)12-19(2)3/h2*19-26H,11-18H2,1-10H3. The highest BCUT2D eigenvalue weighted by molar-refractivity contribution is 4.72. The van der Waals surface area contributed by atoms with Crippen LogP contribution in [0.2, 0.25) is 0 Å². The Morgan fingerprint density at radius 1 is 0.173 bits per heavy atom. The van der Waals surface area contributed by atoms with Crippen LogP contribution in [0.3, 0.4) is 0 Å². The summed E-state index contributed by atoms with van der Waals surface area (Å²) in [5, 5.41) is 0. The van der Waals surface area contributed by atoms with E-state index in [1.807, 2.05) is 0 Å². The molecule has 0 amide bonds. The van der Waals surface area contributed by atoms with E-state index in [0.717, 1.165) is 94.7 Å². The van der Waals surface area contributed by atoms with E-state index in [0.29, 0.717) is 0 Å². The molecule has 0 saturated carbocycles. The van der Waals surface area contributed by atoms with Crippen molar-refractivity contribution < 1.29 is 0 Å². The molecule has 0 rings (SSSR count). The van der Waals surface area contributed by atoms with Crippen molar-refractivity contribution in [3.63, 3.8) is 0 Å². The Morgan fingerprint density at radius 2 is 0.288 bits per heavy atom. The molecule has 0 aromatic carbocycles. The quantitative estimate of drug-likeness (QED) is 0.0690. The van der Waals surface area contributed by atoms with E-state index >= 15 is 0 Å². The second-order valence-corrected chi connectivity index (χ2v) is 22.4. The molecule has 52 heavy (non-hydrogen) atoms. The Hall–Kier alpha value is 0. The number of hydrogen-bond acceptors (Lipinski definition) is 0. The minimum atomic E-state index is 0.846. The first-order valence-electron chi connectivity index (χ1n) is 24.1. The molecule has 0 heteroatoms. The minimum Gasteiger partial charge on any atom is -0.0651 e. The molecule has 0 aliphatic carbocycles. The van der Waals surface area contributed by atoms with Gasteiger partial charge in [0.1, 0.15) is 0 Å². The van der Waals surface area contributed by atoms with Crippen LogP contribution >= 0.6 is 0 Å². The van der Waals surface area contributed by atoms with Crippen LogP contribution in [0.15, 0.2) is 0 Å². The molecule has 0 bridgehead atoms. The van der Waals surface area contributed by atoms with Gasteiger partial charge in [-0.15, -0.1) is 0 Å². The zero-order chi connectivity index (χ0) is 40.6. The first kappa shape index (κ1) is 54.1. The molecule has 0 radical (unpaired) electrons. The summed E-state index contributed by atoms with van der Waals surface area (Å²) >= 11 is 0. The molecule has 316 valence electrons. The lowest BCUT2D eigenvalue weighted by Gasteiger charge is -2.26. The van der Waals surface area contributed by atoms with Crippen molar-refractivity contribution in [3.8, 4) is 0 Å². The summed E-state index contributed by atoms with van der Waals surface area (Å²) in [5.74, 6) is 14.2. The van der Waals surface area contributed by atoms with E-state index in [-0.39, 0.29) is 0 Å². The van der Waals surface area contributed by atoms with E-state index in [1.54, 1.807) is 0 Å². The first-order chi connectivity index (χ1) is 24.1. The van der Waals surface area contributed by atoms with Gasteiger partial charge in [0.2, 0.25) is 0 Å². The summed E-state index contributed by atoms with van der Waals surface area (Å²) < 4.78 is 0. The van der Waals surface area contributed by atoms with Gasteiger partial charge in [-0.25, -0.2) is 0 Å². The normalized spacial score (nSPS) is 20.4. The summed E-state index contributed by atoms with van der Waals surface area (Å²) in [6.07, 6.45) is 22.5. The molecule has 0 saturated heterocycles. The van der Waals surface area contributed by atoms with Gasteiger partial charge in [0.25, 0.3) is 0 Å². The zero-order valence-electron chi connectivity index (χ0n) is 40.6. The Kier molecular flexibility index (Phi) is 32.4. The SMILES string of the molecule is CCC(C)CC(C)CC(C)CC(C)CC(C)CC(C)CC(C)CC(C)C.CCC(C)CC(C)CC(C)CC(C)CC(C)CC(C)CC(C)CC(C)C. The molecule has 0 aliphatic heterocycles. The van der Waals surface area contributed by atoms with Crippen molar-refractivity contribution in [2.45, 2.75) is 241 Å². The molecule has 0 N–H and O–H groups in total. The van der Waals surface area contributed by atoms with Crippen LogP contribution in [-0.4, -0.2) is 0 Å². The fourth-order valence-corrected chi connectivity index (χ4v) is 11.3. The molecule has 0 aromatic heterocycles. The van der Waals surface area contributed by atoms with Gasteiger partial charge in [-0.1, -0.05) is 151 Å². The predicted molar refractivity (Wildman–Crippen MR) is 243 cm³/mol. The Labute approximate surface area is 334 Å². The van der Waals surface area contributed by atoms with Crippen LogP contribution in [0.4, 0.5) is 0 Å². The zero-order valence-corrected chi connectivity index (χ0v) is 40.6. The fraction of sp³-hybridized carbons (Fsp3) is 1.00. The highest BCUT2D eigenvalue weighted by atomic mass is 14.3. The van der Waals surface area contributed by atoms with Crippen molar-refractivity contribution in [3.05, 3.63) is 0 Å². The van der Waals surface area contributed by atoms with Gasteiger partial charge in [-0.05, 0) is 185 Å². The van der Waals surface area contributed by atoms with E-state index in [2.05, 4.69) is 138 Å². The summed E-state index contributed by atoms with van der Waals surface area (Å²) in [6, 6.07) is 0. The van der Waals surface area contributed by atoms with Crippen LogP contribution < -0.4 is 0 Å². The molecule has 0 nitrogen and oxygen atoms in total. The maximum Gasteiger partial charge on any atom is -0.0438 e. The van der Waals surface area contributed by atoms with Gasteiger partial charge < -0.3 is 0 Å². The van der Waals surface area contributed by atoms with Crippen LogP contribution in [-0.2, 0) is 0 Å². The third kappa shape index (κ3) is 33.3. The fourth-order valence-electron chi connectivity index (χ4n) is 11.3. The third-order valence-electron chi connectivity index (χ3n) is 12.8. The molecule has 0 heterocycles. The van der Waals surface area contributed by atoms with Gasteiger partial charge in [0.15, 0.2) is 0 Å². The topological polar surface area (TPSA) is 0 Å². The Balaban J connectivity index is 0. The summed E-state index contributed by atoms with van der Waals surface area (Å²) in [4.78, 5) is 0. The highest BCUT2D eigenvalue weighted by Crippen LogP contribution is 2.32. The van der Waals surface area contributed by atoms with Crippen molar-refractivity contribution in [2.24, 2.45) is 94.7 Å². The van der Waals surface area contributed by atoms with E-state index in [9.17, 15) is 0 Å². The highest BCUT2D eigenvalue weighted by Gasteiger charge is 2.20. The van der Waals surface area contributed by atoms with Crippen molar-refractivity contribution >= 4 is 0 Å². The summed E-state index contributed by atoms with van der Waals surface area (Å²) in [7, 11) is 0. The molecule has 14 unspecified atom stereocenters. The maximum atomic E-state index is 2.50. The smallest absolute Gasteiger partial charge is 0.0438 e. The average molecular weight is 733 g/mol. The van der Waals surface area contributed by atoms with E-state index in [4.69, 9.17) is 0 Å². The first-order valence-corrected chi connectivity index (χ1v) is 24.1. The van der Waals surface area contributed by atoms with Crippen LogP contribution in [0.5, 0.6) is 0 Å². The number of rotatable bonds is 30. The molecule has 0 spiro atoms. The molecule has 14 atom stereocenters. The molecular formula is C52H108. The van der Waals surface area contributed by atoms with Crippen molar-refractivity contribution in [1.82, 2.24) is 0 Å². The van der Waals surface area contributed by atoms with Gasteiger partial charge in [-0.3, -0.25) is 0 Å². The van der Waals surface area contributed by atoms with Gasteiger partial charge in [0, 0.05) is 0 Å². The van der Waals surface area contributed by atoms with E-state index < -0.39 is 0 Å². The summed E-state index contributed by atoms with van der Waals surface area (Å²) in [6.45, 7) is 48.7. The van der Waals surface area contributed by atoms with Crippen LogP contribution in [0.25, 0.3) is 0 Å². The second kappa shape index (κ2) is 31.1. The molecule has 0 aromatic rings. The van der Waals surface area contributed by atoms with Crippen molar-refractivity contribution in [1.29, 1.82) is 0 Å². The van der Waals surface area contributed by atoms with Gasteiger partial charge >= 0.3 is 0 Å². The maximum absolute atomic E-state index is 2.50. The van der Waals surface area contributed by atoms with Gasteiger partial charge in [0.05, 0.1) is 0 Å². The summed E-state index contributed by atoms with van der Waals surface area (Å²) in [5.41, 5.74) is 0. The average Bonchev–Trinajstić information content (AvgIpc) is 2.94. The lowest BCUT2D eigenvalue weighted by molar-refractivity contribution is 0.258. The Morgan fingerprint density at radius 3 is 0.404 bits per heavy atom. The molecule has 0 aliphatic rings. The molecular weight excluding hydrogens is 625 g/mol. The van der Waals surface area contributed by atoms with Gasteiger partial charge in [-0.2, -0.15) is 0 Å². The van der Waals surface area contributed by atoms with Crippen LogP contribution in [0.1, 0.15) is 241 Å². The monoisotopic (exact) mass is 733 g/mol. The minimum absolute atomic E-state index is 0.846. The Bertz CT molecular complexity index is 700. The lowest BCUT2D eigenvalue weighted by Crippen LogP contribution is -2.14. The van der Waals surface area contributed by atoms with Crippen molar-refractivity contribution in [2.75, 3.05) is 0 Å². The predicted octanol–water partition coefficient (Wildman–Crippen LogP) is 18.5. The third-order valence-corrected chi connectivity index (χ3v) is 12.8.